The molecule has 3 aromatic carbocycles. The lowest BCUT2D eigenvalue weighted by atomic mass is 9.89. The standard InChI is InChI=1S/C36H51N3O3.C33H46N2O3.C30H41N3O3/c1-3-32(41)31-20-36-17-13-8-6-4-5-7-12-16-27-18-28(37-22-26-14-10-9-11-15-26)19-29-30(25(2)40)23-38(35(27)29)24-34(42)39(31)33(36)21-36;1-5-29(37)28-18-33-14-12-10-8-6-7-9-11-13-25-16-24(15-22(2)3)17-26-27(23(4)36)20-34(32(25)26)21-31(38)35(28)30(33)19-33;1-4-26(35)25-16-30-13-11-9-7-5-6-8-10-12-21-14-22(31-3)15-23-24(20(2)34)18-32(29(21)23)19-28(36)33(25)27(30)17-30/h18-19,23,26,31,33,37H,3-17,20-22,24H2,1-2H3;16-17,20,22,28,30H,5-15,18-19,21H2,1-4H3;14-15,18,25,27,31H,4-13,16-17,19H2,1-3H3/t31-,33+,36-;28-,30+,33-;25-,27+,30-/m000/s1. The number of nitrogens with one attached hydrogen (secondary N) is 2. The molecule has 10 aliphatic rings. The third-order valence-electron chi connectivity index (χ3n) is 29.7. The highest BCUT2D eigenvalue weighted by atomic mass is 16.2. The van der Waals surface area contributed by atoms with Crippen LogP contribution in [0.5, 0.6) is 0 Å². The van der Waals surface area contributed by atoms with Crippen molar-refractivity contribution in [2.24, 2.45) is 28.1 Å². The molecule has 6 aliphatic heterocycles. The van der Waals surface area contributed by atoms with Crippen LogP contribution in [0.3, 0.4) is 0 Å². The van der Waals surface area contributed by atoms with Gasteiger partial charge in [0, 0.05) is 114 Å². The molecule has 0 radical (unpaired) electrons. The van der Waals surface area contributed by atoms with Gasteiger partial charge in [-0.15, -0.1) is 0 Å². The van der Waals surface area contributed by atoms with Gasteiger partial charge in [-0.2, -0.15) is 0 Å². The third-order valence-corrected chi connectivity index (χ3v) is 29.7. The van der Waals surface area contributed by atoms with Gasteiger partial charge < -0.3 is 39.0 Å². The second-order valence-corrected chi connectivity index (χ2v) is 38.3. The van der Waals surface area contributed by atoms with Gasteiger partial charge in [0.25, 0.3) is 0 Å². The molecule has 628 valence electrons. The second kappa shape index (κ2) is 36.9. The quantitative estimate of drug-likeness (QED) is 0.0926. The number of ketones is 6. The fraction of sp³-hybridized carbons (Fsp3) is 0.667. The Morgan fingerprint density at radius 3 is 1.07 bits per heavy atom. The number of aryl methyl sites for hydroxylation is 3. The lowest BCUT2D eigenvalue weighted by Crippen LogP contribution is -2.44. The Bertz CT molecular complexity index is 4640. The topological polar surface area (TPSA) is 202 Å². The van der Waals surface area contributed by atoms with Crippen LogP contribution in [0.2, 0.25) is 0 Å². The Labute approximate surface area is 691 Å². The van der Waals surface area contributed by atoms with Crippen molar-refractivity contribution in [3.8, 4) is 0 Å². The van der Waals surface area contributed by atoms with E-state index in [4.69, 9.17) is 0 Å². The summed E-state index contributed by atoms with van der Waals surface area (Å²) in [7, 11) is 1.90. The van der Waals surface area contributed by atoms with Gasteiger partial charge in [-0.3, -0.25) is 43.2 Å². The van der Waals surface area contributed by atoms with Gasteiger partial charge in [-0.25, -0.2) is 0 Å². The van der Waals surface area contributed by atoms with E-state index in [1.807, 2.05) is 80.9 Å². The van der Waals surface area contributed by atoms with Crippen molar-refractivity contribution in [2.45, 2.75) is 381 Å². The van der Waals surface area contributed by atoms with Crippen molar-refractivity contribution in [2.75, 3.05) is 24.2 Å². The van der Waals surface area contributed by atoms with Crippen LogP contribution in [0.4, 0.5) is 11.4 Å². The van der Waals surface area contributed by atoms with Crippen molar-refractivity contribution in [3.63, 3.8) is 0 Å². The molecular formula is C99H138N8O9. The number of benzene rings is 3. The summed E-state index contributed by atoms with van der Waals surface area (Å²) in [6, 6.07) is 12.9. The summed E-state index contributed by atoms with van der Waals surface area (Å²) in [6.45, 7) is 16.6. The van der Waals surface area contributed by atoms with Gasteiger partial charge in [0.05, 0.1) is 34.7 Å². The number of Topliss-reactive ketones (excluding diaryl/α,β-unsaturated/α-hetero) is 6. The number of anilines is 2. The maximum absolute atomic E-state index is 14.1. The first-order valence-corrected chi connectivity index (χ1v) is 46.4. The summed E-state index contributed by atoms with van der Waals surface area (Å²) in [5.41, 5.74) is 12.6. The van der Waals surface area contributed by atoms with E-state index in [9.17, 15) is 43.2 Å². The maximum Gasteiger partial charge on any atom is 0.243 e. The zero-order valence-electron chi connectivity index (χ0n) is 72.2. The Hall–Kier alpha value is -7.69. The van der Waals surface area contributed by atoms with E-state index >= 15 is 0 Å². The van der Waals surface area contributed by atoms with Crippen molar-refractivity contribution in [1.29, 1.82) is 0 Å². The highest BCUT2D eigenvalue weighted by Crippen LogP contribution is 2.65. The monoisotopic (exact) mass is 1580 g/mol. The number of nitrogens with zero attached hydrogens (tertiary/aromatic N) is 6. The minimum atomic E-state index is -0.288. The van der Waals surface area contributed by atoms with Crippen LogP contribution in [0.15, 0.2) is 55.0 Å². The van der Waals surface area contributed by atoms with Crippen LogP contribution in [-0.2, 0) is 74.1 Å². The SMILES string of the molecule is CCC(=O)[C@@H]1C[C@]23CCCCCCCCCc4cc(CC(C)C)cc5c(C(C)=O)cn(c45)CC(=O)N1[C@@H]2C3.CCC(=O)[C@@H]1C[C@]23CCCCCCCCCc4cc(NC)cc5c(C(C)=O)cn(c45)CC(=O)N1[C@@H]2C3.CCC(=O)[C@@H]1C[C@]23CCCCCCCCCc4cc(NCC5CCCCC5)cc5c(C(C)=O)cn(c45)CC(=O)N1[C@@H]2C3. The highest BCUT2D eigenvalue weighted by Gasteiger charge is 2.68. The average molecular weight is 1580 g/mol. The first-order valence-electron chi connectivity index (χ1n) is 46.4. The molecule has 6 aromatic rings. The van der Waals surface area contributed by atoms with E-state index in [2.05, 4.69) is 54.8 Å². The zero-order valence-corrected chi connectivity index (χ0v) is 72.2. The summed E-state index contributed by atoms with van der Waals surface area (Å²) in [5.74, 6) is 1.99. The van der Waals surface area contributed by atoms with Crippen LogP contribution in [0, 0.1) is 28.1 Å². The molecule has 9 heterocycles. The number of amides is 3. The fourth-order valence-corrected chi connectivity index (χ4v) is 23.2. The molecule has 3 aromatic heterocycles. The molecule has 16 rings (SSSR count). The minimum Gasteiger partial charge on any atom is -0.388 e. The van der Waals surface area contributed by atoms with Crippen LogP contribution in [0.1, 0.15) is 353 Å². The van der Waals surface area contributed by atoms with Crippen LogP contribution in [-0.4, -0.2) is 131 Å². The van der Waals surface area contributed by atoms with Crippen molar-refractivity contribution < 1.29 is 43.2 Å². The zero-order chi connectivity index (χ0) is 81.7. The summed E-state index contributed by atoms with van der Waals surface area (Å²) in [5, 5.41) is 9.85. The van der Waals surface area contributed by atoms with Crippen molar-refractivity contribution in [3.05, 3.63) is 93.9 Å². The first-order chi connectivity index (χ1) is 56.0. The van der Waals surface area contributed by atoms with Crippen LogP contribution in [0.25, 0.3) is 32.7 Å². The molecule has 0 unspecified atom stereocenters. The van der Waals surface area contributed by atoms with Crippen LogP contribution >= 0.6 is 0 Å². The molecule has 2 N–H and O–H groups in total. The van der Waals surface area contributed by atoms with Gasteiger partial charge >= 0.3 is 0 Å². The van der Waals surface area contributed by atoms with E-state index in [1.54, 1.807) is 20.8 Å². The number of carbonyl (C=O) groups is 9. The highest BCUT2D eigenvalue weighted by molar-refractivity contribution is 6.11. The number of piperidine rings is 3. The third kappa shape index (κ3) is 18.2. The molecule has 3 amide bonds. The number of rotatable bonds is 15. The predicted octanol–water partition coefficient (Wildman–Crippen LogP) is 20.8. The molecular weight excluding hydrogens is 1450 g/mol. The normalized spacial score (nSPS) is 27.0. The van der Waals surface area contributed by atoms with Gasteiger partial charge in [-0.05, 0) is 217 Å². The van der Waals surface area contributed by atoms with Gasteiger partial charge in [0.15, 0.2) is 34.7 Å². The maximum atomic E-state index is 14.1. The van der Waals surface area contributed by atoms with E-state index in [1.165, 1.54) is 170 Å². The van der Waals surface area contributed by atoms with Gasteiger partial charge in [-0.1, -0.05) is 176 Å². The smallest absolute Gasteiger partial charge is 0.243 e. The molecule has 7 fully saturated rings. The number of hydrogen-bond donors (Lipinski definition) is 2. The lowest BCUT2D eigenvalue weighted by molar-refractivity contribution is -0.139. The summed E-state index contributed by atoms with van der Waals surface area (Å²) < 4.78 is 6.08. The van der Waals surface area contributed by atoms with E-state index in [0.29, 0.717) is 47.8 Å². The van der Waals surface area contributed by atoms with Gasteiger partial charge in [0.2, 0.25) is 17.7 Å². The molecule has 4 aliphatic carbocycles. The Morgan fingerprint density at radius 2 is 0.724 bits per heavy atom. The molecule has 17 heteroatoms. The summed E-state index contributed by atoms with van der Waals surface area (Å²) >= 11 is 0. The second-order valence-electron chi connectivity index (χ2n) is 38.3. The van der Waals surface area contributed by atoms with E-state index in [-0.39, 0.29) is 125 Å². The largest absolute Gasteiger partial charge is 0.388 e. The molecule has 17 nitrogen and oxygen atoms in total. The molecule has 0 spiro atoms. The predicted molar refractivity (Wildman–Crippen MR) is 465 cm³/mol. The summed E-state index contributed by atoms with van der Waals surface area (Å²) in [6.07, 6.45) is 52.3. The van der Waals surface area contributed by atoms with Crippen molar-refractivity contribution >= 4 is 96.5 Å². The lowest BCUT2D eigenvalue weighted by Gasteiger charge is -2.27. The average Bonchev–Trinajstić information content (AvgIpc) is 1.55. The number of carbonyl (C=O) groups excluding carboxylic acids is 9. The molecule has 116 heavy (non-hydrogen) atoms. The Kier molecular flexibility index (Phi) is 27.0. The molecule has 4 saturated carbocycles. The van der Waals surface area contributed by atoms with Crippen LogP contribution < -0.4 is 10.6 Å². The summed E-state index contributed by atoms with van der Waals surface area (Å²) in [4.78, 5) is 125. The number of aromatic nitrogens is 3. The molecule has 9 atom stereocenters. The molecule has 3 saturated heterocycles. The number of hydrogen-bond acceptors (Lipinski definition) is 11. The minimum absolute atomic E-state index is 0.00830. The Morgan fingerprint density at radius 1 is 0.405 bits per heavy atom. The molecule has 6 bridgehead atoms. The Balaban J connectivity index is 0.000000144. The van der Waals surface area contributed by atoms with Gasteiger partial charge in [0.1, 0.15) is 19.6 Å². The van der Waals surface area contributed by atoms with Crippen molar-refractivity contribution in [1.82, 2.24) is 28.4 Å². The first kappa shape index (κ1) is 84.8. The fourth-order valence-electron chi connectivity index (χ4n) is 23.2. The van der Waals surface area contributed by atoms with E-state index < -0.39 is 0 Å². The van der Waals surface area contributed by atoms with E-state index in [0.717, 1.165) is 153 Å².